The van der Waals surface area contributed by atoms with Crippen LogP contribution < -0.4 is 4.74 Å². The molecular formula is C24H26O6. The van der Waals surface area contributed by atoms with Gasteiger partial charge in [0.15, 0.2) is 11.5 Å². The minimum atomic E-state index is -0.627. The molecule has 0 radical (unpaired) electrons. The molecule has 0 saturated carbocycles. The molecule has 2 N–H and O–H groups in total. The third kappa shape index (κ3) is 4.32. The van der Waals surface area contributed by atoms with Gasteiger partial charge >= 0.3 is 0 Å². The number of benzene rings is 2. The Labute approximate surface area is 175 Å². The largest absolute Gasteiger partial charge is 0.507 e. The molecule has 0 heterocycles. The Kier molecular flexibility index (Phi) is 6.77. The van der Waals surface area contributed by atoms with Gasteiger partial charge in [-0.1, -0.05) is 38.3 Å². The number of ketones is 2. The average Bonchev–Trinajstić information content (AvgIpc) is 2.73. The van der Waals surface area contributed by atoms with Gasteiger partial charge in [0.05, 0.1) is 24.3 Å². The van der Waals surface area contributed by atoms with Crippen LogP contribution in [0.15, 0.2) is 42.2 Å². The highest BCUT2D eigenvalue weighted by atomic mass is 16.5. The van der Waals surface area contributed by atoms with E-state index in [0.717, 1.165) is 18.9 Å². The van der Waals surface area contributed by atoms with Crippen LogP contribution >= 0.6 is 0 Å². The Balaban J connectivity index is 1.86. The molecule has 30 heavy (non-hydrogen) atoms. The normalized spacial score (nSPS) is 13.1. The van der Waals surface area contributed by atoms with Crippen molar-refractivity contribution in [2.75, 3.05) is 13.2 Å². The van der Waals surface area contributed by atoms with E-state index in [4.69, 9.17) is 9.47 Å². The van der Waals surface area contributed by atoms with E-state index in [0.29, 0.717) is 17.9 Å². The summed E-state index contributed by atoms with van der Waals surface area (Å²) in [6, 6.07) is 8.29. The first kappa shape index (κ1) is 21.4. The second-order valence-corrected chi connectivity index (χ2v) is 7.11. The summed E-state index contributed by atoms with van der Waals surface area (Å²) in [5.41, 5.74) is 0.396. The number of ether oxygens (including phenoxy) is 2. The highest BCUT2D eigenvalue weighted by Gasteiger charge is 2.33. The zero-order valence-electron chi connectivity index (χ0n) is 17.2. The number of phenolic OH excluding ortho intramolecular Hbond substituents is 2. The summed E-state index contributed by atoms with van der Waals surface area (Å²) >= 11 is 0. The molecule has 2 aromatic carbocycles. The minimum absolute atomic E-state index is 0.141. The summed E-state index contributed by atoms with van der Waals surface area (Å²) < 4.78 is 10.9. The molecule has 0 fully saturated rings. The van der Waals surface area contributed by atoms with Gasteiger partial charge in [-0.25, -0.2) is 0 Å². The van der Waals surface area contributed by atoms with Crippen LogP contribution in [0.5, 0.6) is 17.2 Å². The number of allylic oxidation sites excluding steroid dienone is 2. The van der Waals surface area contributed by atoms with Crippen LogP contribution in [0, 0.1) is 0 Å². The van der Waals surface area contributed by atoms with Crippen LogP contribution in [0.3, 0.4) is 0 Å². The number of phenols is 2. The van der Waals surface area contributed by atoms with Gasteiger partial charge < -0.3 is 19.7 Å². The lowest BCUT2D eigenvalue weighted by molar-refractivity contribution is 0.0887. The maximum Gasteiger partial charge on any atom is 0.232 e. The van der Waals surface area contributed by atoms with Gasteiger partial charge in [0.25, 0.3) is 0 Å². The summed E-state index contributed by atoms with van der Waals surface area (Å²) in [4.78, 5) is 25.1. The molecule has 3 rings (SSSR count). The SMILES string of the molecule is CCCCCCOc1ccc(-c2cc(O)c3c(c2O)C(=O)C=C(OCC)C3=O)cc1. The van der Waals surface area contributed by atoms with Crippen LogP contribution in [0.1, 0.15) is 60.2 Å². The quantitative estimate of drug-likeness (QED) is 0.445. The molecule has 1 aliphatic rings. The van der Waals surface area contributed by atoms with Crippen molar-refractivity contribution in [3.8, 4) is 28.4 Å². The van der Waals surface area contributed by atoms with Gasteiger partial charge in [0.1, 0.15) is 17.2 Å². The second kappa shape index (κ2) is 9.48. The molecule has 0 bridgehead atoms. The number of rotatable bonds is 9. The minimum Gasteiger partial charge on any atom is -0.507 e. The molecule has 6 nitrogen and oxygen atoms in total. The molecule has 0 unspecified atom stereocenters. The predicted molar refractivity (Wildman–Crippen MR) is 113 cm³/mol. The molecule has 1 aliphatic carbocycles. The predicted octanol–water partition coefficient (Wildman–Crippen LogP) is 5.02. The van der Waals surface area contributed by atoms with Crippen molar-refractivity contribution in [1.29, 1.82) is 0 Å². The molecule has 6 heteroatoms. The second-order valence-electron chi connectivity index (χ2n) is 7.11. The van der Waals surface area contributed by atoms with Gasteiger partial charge in [-0.15, -0.1) is 0 Å². The molecule has 0 spiro atoms. The van der Waals surface area contributed by atoms with Crippen LogP contribution in [-0.4, -0.2) is 35.0 Å². The van der Waals surface area contributed by atoms with E-state index < -0.39 is 11.6 Å². The third-order valence-corrected chi connectivity index (χ3v) is 4.97. The summed E-state index contributed by atoms with van der Waals surface area (Å²) in [7, 11) is 0. The van der Waals surface area contributed by atoms with E-state index in [1.54, 1.807) is 31.2 Å². The van der Waals surface area contributed by atoms with Gasteiger partial charge in [0, 0.05) is 11.6 Å². The van der Waals surface area contributed by atoms with Crippen molar-refractivity contribution >= 4 is 11.6 Å². The highest BCUT2D eigenvalue weighted by molar-refractivity contribution is 6.26. The molecule has 0 aromatic heterocycles. The average molecular weight is 410 g/mol. The zero-order chi connectivity index (χ0) is 21.7. The Morgan fingerprint density at radius 1 is 0.900 bits per heavy atom. The number of hydrogen-bond donors (Lipinski definition) is 2. The van der Waals surface area contributed by atoms with Crippen molar-refractivity contribution in [2.24, 2.45) is 0 Å². The van der Waals surface area contributed by atoms with E-state index in [2.05, 4.69) is 6.92 Å². The van der Waals surface area contributed by atoms with E-state index in [1.807, 2.05) is 0 Å². The number of Topliss-reactive ketones (excluding diaryl/α,β-unsaturated/α-hetero) is 1. The number of carbonyl (C=O) groups excluding carboxylic acids is 2. The van der Waals surface area contributed by atoms with Gasteiger partial charge in [-0.2, -0.15) is 0 Å². The van der Waals surface area contributed by atoms with Crippen LogP contribution in [-0.2, 0) is 4.74 Å². The highest BCUT2D eigenvalue weighted by Crippen LogP contribution is 2.42. The molecule has 2 aromatic rings. The van der Waals surface area contributed by atoms with Crippen molar-refractivity contribution in [3.63, 3.8) is 0 Å². The Hall–Kier alpha value is -3.28. The zero-order valence-corrected chi connectivity index (χ0v) is 17.2. The molecule has 158 valence electrons. The van der Waals surface area contributed by atoms with Crippen LogP contribution in [0.4, 0.5) is 0 Å². The fourth-order valence-electron chi connectivity index (χ4n) is 3.44. The smallest absolute Gasteiger partial charge is 0.232 e. The molecule has 0 amide bonds. The monoisotopic (exact) mass is 410 g/mol. The van der Waals surface area contributed by atoms with E-state index in [-0.39, 0.29) is 40.6 Å². The first-order chi connectivity index (χ1) is 14.5. The summed E-state index contributed by atoms with van der Waals surface area (Å²) in [6.07, 6.45) is 5.52. The number of carbonyl (C=O) groups is 2. The number of aromatic hydroxyl groups is 2. The summed E-state index contributed by atoms with van der Waals surface area (Å²) in [5.74, 6) is -1.38. The first-order valence-corrected chi connectivity index (χ1v) is 10.2. The lowest BCUT2D eigenvalue weighted by atomic mass is 9.88. The number of fused-ring (bicyclic) bond motifs is 1. The molecule has 0 atom stereocenters. The van der Waals surface area contributed by atoms with Gasteiger partial charge in [0.2, 0.25) is 5.78 Å². The number of hydrogen-bond acceptors (Lipinski definition) is 6. The van der Waals surface area contributed by atoms with Crippen LogP contribution in [0.25, 0.3) is 11.1 Å². The molecule has 0 aliphatic heterocycles. The molecule has 0 saturated heterocycles. The third-order valence-electron chi connectivity index (χ3n) is 4.97. The number of unbranched alkanes of at least 4 members (excludes halogenated alkanes) is 3. The standard InChI is InChI=1S/C24H26O6/c1-3-5-6-7-12-30-16-10-8-15(9-11-16)17-13-18(25)22-21(23(17)27)19(26)14-20(24(22)28)29-4-2/h8-11,13-14,25,27H,3-7,12H2,1-2H3. The fraction of sp³-hybridized carbons (Fsp3) is 0.333. The molecular weight excluding hydrogens is 384 g/mol. The first-order valence-electron chi connectivity index (χ1n) is 10.2. The summed E-state index contributed by atoms with van der Waals surface area (Å²) in [5, 5.41) is 21.2. The maximum atomic E-state index is 12.6. The van der Waals surface area contributed by atoms with Crippen molar-refractivity contribution in [3.05, 3.63) is 53.3 Å². The summed E-state index contributed by atoms with van der Waals surface area (Å²) in [6.45, 7) is 4.69. The van der Waals surface area contributed by atoms with E-state index in [1.165, 1.54) is 18.9 Å². The lowest BCUT2D eigenvalue weighted by Gasteiger charge is -2.19. The topological polar surface area (TPSA) is 93.1 Å². The van der Waals surface area contributed by atoms with E-state index in [9.17, 15) is 19.8 Å². The van der Waals surface area contributed by atoms with Crippen molar-refractivity contribution in [2.45, 2.75) is 39.5 Å². The Morgan fingerprint density at radius 3 is 2.30 bits per heavy atom. The van der Waals surface area contributed by atoms with Crippen LogP contribution in [0.2, 0.25) is 0 Å². The maximum absolute atomic E-state index is 12.6. The van der Waals surface area contributed by atoms with Crippen molar-refractivity contribution < 1.29 is 29.3 Å². The Morgan fingerprint density at radius 2 is 1.63 bits per heavy atom. The lowest BCUT2D eigenvalue weighted by Crippen LogP contribution is -2.19. The van der Waals surface area contributed by atoms with E-state index >= 15 is 0 Å². The fourth-order valence-corrected chi connectivity index (χ4v) is 3.44. The van der Waals surface area contributed by atoms with Crippen molar-refractivity contribution in [1.82, 2.24) is 0 Å². The Bertz CT molecular complexity index is 972. The van der Waals surface area contributed by atoms with Gasteiger partial charge in [-0.05, 0) is 37.1 Å². The van der Waals surface area contributed by atoms with Gasteiger partial charge in [-0.3, -0.25) is 9.59 Å².